The molecule has 5 N–H and O–H groups in total. The molecule has 1 fully saturated rings. The molecule has 0 spiro atoms. The second kappa shape index (κ2) is 12.5. The number of nitrogens with zero attached hydrogens (tertiary/aromatic N) is 5. The van der Waals surface area contributed by atoms with Gasteiger partial charge in [-0.1, -0.05) is 6.58 Å². The highest BCUT2D eigenvalue weighted by Crippen LogP contribution is 2.39. The van der Waals surface area contributed by atoms with Gasteiger partial charge in [0, 0.05) is 49.4 Å². The molecule has 2 aromatic heterocycles. The van der Waals surface area contributed by atoms with Crippen LogP contribution in [-0.4, -0.2) is 79.4 Å². The van der Waals surface area contributed by atoms with E-state index in [1.54, 1.807) is 25.6 Å². The number of anilines is 4. The molecule has 39 heavy (non-hydrogen) atoms. The Morgan fingerprint density at radius 3 is 2.64 bits per heavy atom. The molecule has 1 amide bonds. The molecular formula is C28H36N9O2+. The van der Waals surface area contributed by atoms with Crippen molar-refractivity contribution in [2.75, 3.05) is 56.9 Å². The van der Waals surface area contributed by atoms with Gasteiger partial charge in [-0.05, 0) is 51.2 Å². The molecule has 4 rings (SSSR count). The average Bonchev–Trinajstić information content (AvgIpc) is 2.97. The van der Waals surface area contributed by atoms with E-state index in [1.165, 1.54) is 12.3 Å². The molecule has 0 aliphatic carbocycles. The Kier molecular flexibility index (Phi) is 8.84. The van der Waals surface area contributed by atoms with Gasteiger partial charge in [0.1, 0.15) is 5.75 Å². The van der Waals surface area contributed by atoms with Gasteiger partial charge in [0.05, 0.1) is 42.5 Å². The fraction of sp³-hybridized carbons (Fsp3) is 0.321. The van der Waals surface area contributed by atoms with Gasteiger partial charge in [0.2, 0.25) is 17.7 Å². The van der Waals surface area contributed by atoms with Crippen LogP contribution >= 0.6 is 0 Å². The Bertz CT molecular complexity index is 1350. The molecule has 204 valence electrons. The molecule has 1 aliphatic rings. The minimum Gasteiger partial charge on any atom is -0.494 e. The van der Waals surface area contributed by atoms with E-state index in [0.717, 1.165) is 43.0 Å². The number of nitrogens with two attached hydrogens (primary N) is 1. The maximum absolute atomic E-state index is 12.3. The lowest BCUT2D eigenvalue weighted by Gasteiger charge is -2.37. The number of aromatic nitrogens is 3. The summed E-state index contributed by atoms with van der Waals surface area (Å²) in [7, 11) is 7.72. The highest BCUT2D eigenvalue weighted by molar-refractivity contribution is 6.02. The number of amides is 1. The highest BCUT2D eigenvalue weighted by atomic mass is 16.5. The maximum atomic E-state index is 12.3. The van der Waals surface area contributed by atoms with E-state index in [9.17, 15) is 4.79 Å². The minimum atomic E-state index is -0.295. The number of rotatable bonds is 10. The normalized spacial score (nSPS) is 13.7. The van der Waals surface area contributed by atoms with Crippen LogP contribution in [0, 0.1) is 5.41 Å². The van der Waals surface area contributed by atoms with Crippen molar-refractivity contribution in [3.63, 3.8) is 0 Å². The van der Waals surface area contributed by atoms with Gasteiger partial charge in [-0.2, -0.15) is 0 Å². The summed E-state index contributed by atoms with van der Waals surface area (Å²) in [6, 6.07) is 7.96. The lowest BCUT2D eigenvalue weighted by molar-refractivity contribution is -0.543. The molecule has 11 nitrogen and oxygen atoms in total. The number of ether oxygens (including phenoxy) is 1. The molecule has 0 saturated carbocycles. The molecule has 1 saturated heterocycles. The van der Waals surface area contributed by atoms with Crippen LogP contribution in [-0.2, 0) is 4.79 Å². The van der Waals surface area contributed by atoms with Crippen LogP contribution < -0.4 is 25.6 Å². The second-order valence-electron chi connectivity index (χ2n) is 9.47. The van der Waals surface area contributed by atoms with Gasteiger partial charge in [-0.3, -0.25) is 10.1 Å². The number of carbonyl (C=O) groups is 1. The molecule has 0 unspecified atom stereocenters. The number of piperidine rings is 1. The summed E-state index contributed by atoms with van der Waals surface area (Å²) in [4.78, 5) is 30.4. The molecule has 1 aromatic carbocycles. The van der Waals surface area contributed by atoms with Crippen molar-refractivity contribution in [2.45, 2.75) is 18.9 Å². The molecule has 11 heteroatoms. The summed E-state index contributed by atoms with van der Waals surface area (Å²) in [5, 5.41) is 15.8. The van der Waals surface area contributed by atoms with E-state index in [0.29, 0.717) is 40.4 Å². The van der Waals surface area contributed by atoms with Crippen molar-refractivity contribution in [1.82, 2.24) is 19.9 Å². The number of quaternary nitrogens is 1. The number of hydrogen-bond acceptors (Lipinski definition) is 9. The lowest BCUT2D eigenvalue weighted by Crippen LogP contribution is -2.73. The first-order valence-electron chi connectivity index (χ1n) is 12.8. The molecule has 3 aromatic rings. The van der Waals surface area contributed by atoms with Crippen LogP contribution in [0.1, 0.15) is 18.4 Å². The summed E-state index contributed by atoms with van der Waals surface area (Å²) in [6.45, 7) is 5.33. The van der Waals surface area contributed by atoms with Gasteiger partial charge < -0.3 is 30.6 Å². The number of benzene rings is 1. The Balaban J connectivity index is 1.66. The van der Waals surface area contributed by atoms with E-state index in [1.807, 2.05) is 30.6 Å². The third-order valence-electron chi connectivity index (χ3n) is 6.87. The smallest absolute Gasteiger partial charge is 0.247 e. The maximum Gasteiger partial charge on any atom is 0.247 e. The van der Waals surface area contributed by atoms with Gasteiger partial charge in [-0.15, -0.1) is 0 Å². The van der Waals surface area contributed by atoms with Crippen LogP contribution in [0.4, 0.5) is 28.8 Å². The SMILES string of the molecule is C=CC(=O)Nc1cc(Nc2nccc(-c3cnc([NH2+]C)c(C=N)c3)n2)c(OC)cc1N1CCC(N(C)C)CC1. The van der Waals surface area contributed by atoms with E-state index in [2.05, 4.69) is 56.1 Å². The second-order valence-corrected chi connectivity index (χ2v) is 9.47. The van der Waals surface area contributed by atoms with Crippen LogP contribution in [0.3, 0.4) is 0 Å². The minimum absolute atomic E-state index is 0.295. The van der Waals surface area contributed by atoms with Crippen LogP contribution in [0.2, 0.25) is 0 Å². The van der Waals surface area contributed by atoms with Crippen molar-refractivity contribution in [2.24, 2.45) is 0 Å². The van der Waals surface area contributed by atoms with Crippen molar-refractivity contribution >= 4 is 41.0 Å². The number of hydrogen-bond donors (Lipinski definition) is 4. The zero-order valence-electron chi connectivity index (χ0n) is 22.9. The zero-order valence-corrected chi connectivity index (χ0v) is 22.9. The summed E-state index contributed by atoms with van der Waals surface area (Å²) in [5.74, 6) is 1.40. The third-order valence-corrected chi connectivity index (χ3v) is 6.87. The first-order chi connectivity index (χ1) is 18.9. The molecule has 0 atom stereocenters. The van der Waals surface area contributed by atoms with Crippen LogP contribution in [0.25, 0.3) is 11.3 Å². The fourth-order valence-corrected chi connectivity index (χ4v) is 4.69. The topological polar surface area (TPSA) is 136 Å². The molecular weight excluding hydrogens is 494 g/mol. The predicted octanol–water partition coefficient (Wildman–Crippen LogP) is 2.77. The van der Waals surface area contributed by atoms with Crippen LogP contribution in [0.5, 0.6) is 5.75 Å². The number of methoxy groups -OCH3 is 1. The van der Waals surface area contributed by atoms with E-state index in [4.69, 9.17) is 10.1 Å². The Hall–Kier alpha value is -4.35. The number of pyridine rings is 1. The molecule has 0 bridgehead atoms. The van der Waals surface area contributed by atoms with E-state index >= 15 is 0 Å². The van der Waals surface area contributed by atoms with Gasteiger partial charge in [0.25, 0.3) is 0 Å². The largest absolute Gasteiger partial charge is 0.494 e. The van der Waals surface area contributed by atoms with Crippen molar-refractivity contribution in [3.8, 4) is 17.0 Å². The Labute approximate surface area is 228 Å². The summed E-state index contributed by atoms with van der Waals surface area (Å²) >= 11 is 0. The zero-order chi connectivity index (χ0) is 27.9. The van der Waals surface area contributed by atoms with Crippen LogP contribution in [0.15, 0.2) is 49.3 Å². The van der Waals surface area contributed by atoms with Crippen molar-refractivity contribution in [3.05, 3.63) is 54.9 Å². The predicted molar refractivity (Wildman–Crippen MR) is 155 cm³/mol. The monoisotopic (exact) mass is 530 g/mol. The lowest BCUT2D eigenvalue weighted by atomic mass is 10.0. The molecule has 3 heterocycles. The van der Waals surface area contributed by atoms with Gasteiger partial charge in [-0.25, -0.2) is 15.0 Å². The first-order valence-corrected chi connectivity index (χ1v) is 12.8. The molecule has 1 aliphatic heterocycles. The fourth-order valence-electron chi connectivity index (χ4n) is 4.69. The standard InChI is InChI=1S/C28H35N9O2/c1-6-26(38)33-22-14-23(25(39-5)15-24(22)37-11-8-20(9-12-37)36(3)4)35-28-31-10-7-21(34-28)19-13-18(16-29)27(30-2)32-17-19/h6-7,10,13-17,20,29H,1,8-9,11-12H2,2-5H3,(H,30,32)(H,33,38)(H,31,34,35)/p+1. The van der Waals surface area contributed by atoms with E-state index in [-0.39, 0.29) is 5.91 Å². The van der Waals surface area contributed by atoms with Crippen molar-refractivity contribution < 1.29 is 14.8 Å². The van der Waals surface area contributed by atoms with E-state index < -0.39 is 0 Å². The van der Waals surface area contributed by atoms with Crippen molar-refractivity contribution in [1.29, 1.82) is 5.41 Å². The van der Waals surface area contributed by atoms with Gasteiger partial charge >= 0.3 is 0 Å². The Morgan fingerprint density at radius 2 is 2.00 bits per heavy atom. The number of nitrogens with one attached hydrogen (secondary N) is 3. The third kappa shape index (κ3) is 6.39. The quantitative estimate of drug-likeness (QED) is 0.232. The number of carbonyl (C=O) groups excluding carboxylic acids is 1. The van der Waals surface area contributed by atoms with Gasteiger partial charge in [0.15, 0.2) is 0 Å². The summed E-state index contributed by atoms with van der Waals surface area (Å²) in [6.07, 6.45) is 7.97. The first kappa shape index (κ1) is 27.7. The summed E-state index contributed by atoms with van der Waals surface area (Å²) < 4.78 is 5.74. The highest BCUT2D eigenvalue weighted by Gasteiger charge is 2.24. The average molecular weight is 531 g/mol. The summed E-state index contributed by atoms with van der Waals surface area (Å²) in [5.41, 5.74) is 4.27. The Morgan fingerprint density at radius 1 is 1.23 bits per heavy atom. The molecule has 0 radical (unpaired) electrons.